The second-order valence-corrected chi connectivity index (χ2v) is 3.96. The quantitative estimate of drug-likeness (QED) is 0.817. The number of nitrogens with two attached hydrogens (primary N) is 1. The standard InChI is InChI=1S/C11H11FN4S/c1-16-10(4-5-14-16)15-7-2-3-8(11(13)17)9(12)6-7/h2-6,15H,1H3,(H2,13,17). The SMILES string of the molecule is Cn1nccc1Nc1ccc(C(N)=S)c(F)c1. The number of hydrogen-bond donors (Lipinski definition) is 2. The maximum atomic E-state index is 13.6. The molecule has 0 aliphatic carbocycles. The van der Waals surface area contributed by atoms with E-state index >= 15 is 0 Å². The Morgan fingerprint density at radius 2 is 2.24 bits per heavy atom. The molecule has 17 heavy (non-hydrogen) atoms. The van der Waals surface area contributed by atoms with Gasteiger partial charge in [0.05, 0.1) is 6.20 Å². The van der Waals surface area contributed by atoms with Crippen LogP contribution in [0.1, 0.15) is 5.56 Å². The summed E-state index contributed by atoms with van der Waals surface area (Å²) in [6.45, 7) is 0. The van der Waals surface area contributed by atoms with Gasteiger partial charge >= 0.3 is 0 Å². The van der Waals surface area contributed by atoms with Crippen molar-refractivity contribution in [3.05, 3.63) is 41.8 Å². The summed E-state index contributed by atoms with van der Waals surface area (Å²) in [5.41, 5.74) is 6.24. The van der Waals surface area contributed by atoms with Gasteiger partial charge in [-0.15, -0.1) is 0 Å². The Morgan fingerprint density at radius 3 is 2.76 bits per heavy atom. The lowest BCUT2D eigenvalue weighted by Gasteiger charge is -2.08. The third-order valence-corrected chi connectivity index (χ3v) is 2.55. The zero-order valence-corrected chi connectivity index (χ0v) is 9.96. The summed E-state index contributed by atoms with van der Waals surface area (Å²) in [4.78, 5) is 0.0505. The first-order valence-corrected chi connectivity index (χ1v) is 5.33. The molecule has 0 atom stereocenters. The Labute approximate surface area is 103 Å². The van der Waals surface area contributed by atoms with E-state index < -0.39 is 5.82 Å². The Balaban J connectivity index is 2.27. The van der Waals surface area contributed by atoms with Crippen LogP contribution in [0.5, 0.6) is 0 Å². The fraction of sp³-hybridized carbons (Fsp3) is 0.0909. The largest absolute Gasteiger partial charge is 0.389 e. The summed E-state index contributed by atoms with van der Waals surface area (Å²) in [6.07, 6.45) is 1.65. The van der Waals surface area contributed by atoms with Gasteiger partial charge in [-0.3, -0.25) is 4.68 Å². The molecule has 0 amide bonds. The number of aromatic nitrogens is 2. The molecule has 1 heterocycles. The third-order valence-electron chi connectivity index (χ3n) is 2.33. The van der Waals surface area contributed by atoms with E-state index in [9.17, 15) is 4.39 Å². The molecule has 4 nitrogen and oxygen atoms in total. The van der Waals surface area contributed by atoms with Gasteiger partial charge < -0.3 is 11.1 Å². The average Bonchev–Trinajstić information content (AvgIpc) is 2.64. The van der Waals surface area contributed by atoms with Gasteiger partial charge in [-0.05, 0) is 18.2 Å². The van der Waals surface area contributed by atoms with Crippen LogP contribution in [0, 0.1) is 5.82 Å². The molecular formula is C11H11FN4S. The fourth-order valence-electron chi connectivity index (χ4n) is 1.44. The van der Waals surface area contributed by atoms with Gasteiger partial charge in [0, 0.05) is 24.4 Å². The zero-order valence-electron chi connectivity index (χ0n) is 9.14. The Morgan fingerprint density at radius 1 is 1.47 bits per heavy atom. The predicted molar refractivity (Wildman–Crippen MR) is 68.8 cm³/mol. The number of rotatable bonds is 3. The summed E-state index contributed by atoms with van der Waals surface area (Å²) in [5, 5.41) is 7.04. The molecule has 1 aromatic heterocycles. The third kappa shape index (κ3) is 2.42. The molecule has 1 aromatic carbocycles. The highest BCUT2D eigenvalue weighted by Crippen LogP contribution is 2.18. The van der Waals surface area contributed by atoms with Gasteiger partial charge in [-0.2, -0.15) is 5.10 Å². The van der Waals surface area contributed by atoms with E-state index in [-0.39, 0.29) is 10.6 Å². The van der Waals surface area contributed by atoms with Crippen LogP contribution >= 0.6 is 12.2 Å². The van der Waals surface area contributed by atoms with Crippen molar-refractivity contribution in [3.8, 4) is 0 Å². The van der Waals surface area contributed by atoms with E-state index in [0.717, 1.165) is 5.82 Å². The number of anilines is 2. The molecule has 0 unspecified atom stereocenters. The van der Waals surface area contributed by atoms with Crippen LogP contribution in [0.15, 0.2) is 30.5 Å². The van der Waals surface area contributed by atoms with Crippen LogP contribution in [0.4, 0.5) is 15.9 Å². The van der Waals surface area contributed by atoms with E-state index in [4.69, 9.17) is 18.0 Å². The van der Waals surface area contributed by atoms with Gasteiger partial charge in [0.15, 0.2) is 0 Å². The first-order chi connectivity index (χ1) is 8.08. The number of aryl methyl sites for hydroxylation is 1. The highest BCUT2D eigenvalue weighted by Gasteiger charge is 2.06. The molecule has 6 heteroatoms. The van der Waals surface area contributed by atoms with Crippen molar-refractivity contribution in [1.82, 2.24) is 9.78 Å². The summed E-state index contributed by atoms with van der Waals surface area (Å²) in [5.74, 6) is 0.331. The van der Waals surface area contributed by atoms with E-state index in [1.54, 1.807) is 36.1 Å². The molecule has 3 N–H and O–H groups in total. The van der Waals surface area contributed by atoms with Crippen LogP contribution in [0.2, 0.25) is 0 Å². The van der Waals surface area contributed by atoms with Gasteiger partial charge in [-0.1, -0.05) is 12.2 Å². The maximum absolute atomic E-state index is 13.6. The van der Waals surface area contributed by atoms with E-state index in [1.807, 2.05) is 0 Å². The number of halogens is 1. The van der Waals surface area contributed by atoms with Crippen LogP contribution in [-0.4, -0.2) is 14.8 Å². The number of thiocarbonyl (C=S) groups is 1. The monoisotopic (exact) mass is 250 g/mol. The molecule has 0 bridgehead atoms. The normalized spacial score (nSPS) is 10.2. The number of hydrogen-bond acceptors (Lipinski definition) is 3. The van der Waals surface area contributed by atoms with E-state index in [2.05, 4.69) is 10.4 Å². The number of nitrogens with zero attached hydrogens (tertiary/aromatic N) is 2. The molecule has 2 rings (SSSR count). The number of benzene rings is 1. The number of nitrogens with one attached hydrogen (secondary N) is 1. The zero-order chi connectivity index (χ0) is 12.4. The summed E-state index contributed by atoms with van der Waals surface area (Å²) in [7, 11) is 1.79. The van der Waals surface area contributed by atoms with Crippen molar-refractivity contribution in [3.63, 3.8) is 0 Å². The van der Waals surface area contributed by atoms with Crippen molar-refractivity contribution in [2.24, 2.45) is 12.8 Å². The minimum absolute atomic E-state index is 0.0505. The minimum atomic E-state index is -0.440. The van der Waals surface area contributed by atoms with Crippen molar-refractivity contribution in [1.29, 1.82) is 0 Å². The molecular weight excluding hydrogens is 239 g/mol. The molecule has 0 saturated heterocycles. The molecule has 0 aliphatic rings. The molecule has 2 aromatic rings. The van der Waals surface area contributed by atoms with Gasteiger partial charge in [0.25, 0.3) is 0 Å². The fourth-order valence-corrected chi connectivity index (χ4v) is 1.60. The first kappa shape index (κ1) is 11.5. The van der Waals surface area contributed by atoms with Crippen LogP contribution in [0.25, 0.3) is 0 Å². The summed E-state index contributed by atoms with van der Waals surface area (Å²) < 4.78 is 15.3. The van der Waals surface area contributed by atoms with Gasteiger partial charge in [-0.25, -0.2) is 4.39 Å². The summed E-state index contributed by atoms with van der Waals surface area (Å²) in [6, 6.07) is 6.40. The summed E-state index contributed by atoms with van der Waals surface area (Å²) >= 11 is 4.73. The Hall–Kier alpha value is -1.95. The van der Waals surface area contributed by atoms with Crippen molar-refractivity contribution in [2.45, 2.75) is 0 Å². The van der Waals surface area contributed by atoms with Gasteiger partial charge in [0.1, 0.15) is 16.6 Å². The highest BCUT2D eigenvalue weighted by atomic mass is 32.1. The second kappa shape index (κ2) is 4.50. The van der Waals surface area contributed by atoms with Crippen LogP contribution in [0.3, 0.4) is 0 Å². The van der Waals surface area contributed by atoms with E-state index in [1.165, 1.54) is 6.07 Å². The molecule has 0 aliphatic heterocycles. The molecule has 88 valence electrons. The van der Waals surface area contributed by atoms with E-state index in [0.29, 0.717) is 5.69 Å². The highest BCUT2D eigenvalue weighted by molar-refractivity contribution is 7.80. The molecule has 0 radical (unpaired) electrons. The minimum Gasteiger partial charge on any atom is -0.389 e. The molecule has 0 saturated carbocycles. The van der Waals surface area contributed by atoms with Crippen LogP contribution < -0.4 is 11.1 Å². The lowest BCUT2D eigenvalue weighted by Crippen LogP contribution is -2.11. The molecule has 0 spiro atoms. The van der Waals surface area contributed by atoms with Crippen molar-refractivity contribution in [2.75, 3.05) is 5.32 Å². The Kier molecular flexibility index (Phi) is 3.06. The predicted octanol–water partition coefficient (Wildman–Crippen LogP) is 1.94. The lowest BCUT2D eigenvalue weighted by molar-refractivity contribution is 0.626. The second-order valence-electron chi connectivity index (χ2n) is 3.52. The smallest absolute Gasteiger partial charge is 0.135 e. The van der Waals surface area contributed by atoms with Crippen molar-refractivity contribution >= 4 is 28.7 Å². The topological polar surface area (TPSA) is 55.9 Å². The maximum Gasteiger partial charge on any atom is 0.135 e. The average molecular weight is 250 g/mol. The first-order valence-electron chi connectivity index (χ1n) is 4.92. The Bertz CT molecular complexity index is 564. The van der Waals surface area contributed by atoms with Crippen LogP contribution in [-0.2, 0) is 7.05 Å². The lowest BCUT2D eigenvalue weighted by atomic mass is 10.2. The molecule has 0 fully saturated rings. The van der Waals surface area contributed by atoms with Crippen molar-refractivity contribution < 1.29 is 4.39 Å². The van der Waals surface area contributed by atoms with Gasteiger partial charge in [0.2, 0.25) is 0 Å².